The first-order chi connectivity index (χ1) is 9.13. The molecule has 0 unspecified atom stereocenters. The van der Waals surface area contributed by atoms with E-state index in [4.69, 9.17) is 0 Å². The maximum atomic E-state index is 13.4. The lowest BCUT2D eigenvalue weighted by Crippen LogP contribution is -1.89. The van der Waals surface area contributed by atoms with Crippen molar-refractivity contribution in [2.45, 2.75) is 20.3 Å². The zero-order valence-electron chi connectivity index (χ0n) is 11.0. The third-order valence-corrected chi connectivity index (χ3v) is 4.11. The fourth-order valence-corrected chi connectivity index (χ4v) is 3.27. The van der Waals surface area contributed by atoms with Gasteiger partial charge in [-0.3, -0.25) is 0 Å². The van der Waals surface area contributed by atoms with Crippen molar-refractivity contribution in [3.05, 3.63) is 58.4 Å². The van der Waals surface area contributed by atoms with Crippen LogP contribution in [0, 0.1) is 19.7 Å². The van der Waals surface area contributed by atoms with Gasteiger partial charge in [0, 0.05) is 22.9 Å². The highest BCUT2D eigenvalue weighted by atomic mass is 19.1. The molecule has 0 saturated carbocycles. The predicted octanol–water partition coefficient (Wildman–Crippen LogP) is 4.50. The number of aromatic amines is 1. The molecule has 0 atom stereocenters. The number of halogens is 1. The first-order valence-electron chi connectivity index (χ1n) is 6.54. The van der Waals surface area contributed by atoms with E-state index in [9.17, 15) is 4.39 Å². The van der Waals surface area contributed by atoms with E-state index in [2.05, 4.69) is 31.0 Å². The molecule has 19 heavy (non-hydrogen) atoms. The van der Waals surface area contributed by atoms with E-state index >= 15 is 0 Å². The Morgan fingerprint density at radius 1 is 1.05 bits per heavy atom. The minimum absolute atomic E-state index is 0.168. The van der Waals surface area contributed by atoms with E-state index < -0.39 is 0 Å². The van der Waals surface area contributed by atoms with Gasteiger partial charge in [-0.2, -0.15) is 0 Å². The van der Waals surface area contributed by atoms with Crippen LogP contribution in [0.3, 0.4) is 0 Å². The minimum Gasteiger partial charge on any atom is -0.354 e. The molecule has 4 rings (SSSR count). The summed E-state index contributed by atoms with van der Waals surface area (Å²) in [6.45, 7) is 4.27. The smallest absolute Gasteiger partial charge is 0.123 e. The van der Waals surface area contributed by atoms with E-state index in [1.54, 1.807) is 6.07 Å². The molecule has 1 aromatic heterocycles. The Bertz CT molecular complexity index is 827. The van der Waals surface area contributed by atoms with Gasteiger partial charge in [0.25, 0.3) is 0 Å². The van der Waals surface area contributed by atoms with Gasteiger partial charge in [0.2, 0.25) is 0 Å². The van der Waals surface area contributed by atoms with Crippen molar-refractivity contribution in [1.29, 1.82) is 0 Å². The molecule has 0 radical (unpaired) electrons. The zero-order chi connectivity index (χ0) is 13.1. The van der Waals surface area contributed by atoms with Crippen LogP contribution < -0.4 is 0 Å². The van der Waals surface area contributed by atoms with Crippen LogP contribution in [0.1, 0.15) is 22.3 Å². The molecule has 1 N–H and O–H groups in total. The molecule has 1 nitrogen and oxygen atoms in total. The maximum absolute atomic E-state index is 13.4. The number of nitrogens with one attached hydrogen (secondary N) is 1. The van der Waals surface area contributed by atoms with Crippen molar-refractivity contribution in [2.24, 2.45) is 0 Å². The van der Waals surface area contributed by atoms with Gasteiger partial charge in [0.15, 0.2) is 0 Å². The average Bonchev–Trinajstić information content (AvgIpc) is 2.87. The highest BCUT2D eigenvalue weighted by molar-refractivity contribution is 5.94. The lowest BCUT2D eigenvalue weighted by atomic mass is 10.00. The van der Waals surface area contributed by atoms with Crippen LogP contribution in [0.5, 0.6) is 0 Å². The molecule has 1 aliphatic rings. The second-order valence-corrected chi connectivity index (χ2v) is 5.45. The van der Waals surface area contributed by atoms with E-state index in [0.29, 0.717) is 0 Å². The van der Waals surface area contributed by atoms with Gasteiger partial charge in [0.1, 0.15) is 5.82 Å². The Balaban J connectivity index is 2.07. The molecule has 0 aliphatic heterocycles. The van der Waals surface area contributed by atoms with Gasteiger partial charge in [-0.1, -0.05) is 11.6 Å². The molecule has 2 heteroatoms. The summed E-state index contributed by atoms with van der Waals surface area (Å²) in [5.41, 5.74) is 8.68. The molecule has 0 spiro atoms. The molecule has 2 aromatic carbocycles. The standard InChI is InChI=1S/C17H14FN/c1-9-5-10(2)12-8-15-13-7-11(18)3-4-16(13)19-17(15)14(12)6-9/h3-7,19H,8H2,1-2H3. The number of aryl methyl sites for hydroxylation is 2. The molecule has 1 heterocycles. The number of aromatic nitrogens is 1. The summed E-state index contributed by atoms with van der Waals surface area (Å²) < 4.78 is 13.4. The lowest BCUT2D eigenvalue weighted by molar-refractivity contribution is 0.629. The number of rotatable bonds is 0. The Kier molecular flexibility index (Phi) is 1.97. The molecular formula is C17H14FN. The van der Waals surface area contributed by atoms with Gasteiger partial charge < -0.3 is 4.98 Å². The van der Waals surface area contributed by atoms with Crippen LogP contribution in [0.25, 0.3) is 22.2 Å². The van der Waals surface area contributed by atoms with Crippen LogP contribution in [-0.2, 0) is 6.42 Å². The van der Waals surface area contributed by atoms with Gasteiger partial charge in [-0.05, 0) is 54.8 Å². The van der Waals surface area contributed by atoms with Crippen molar-refractivity contribution in [3.63, 3.8) is 0 Å². The second-order valence-electron chi connectivity index (χ2n) is 5.45. The number of H-pyrrole nitrogens is 1. The lowest BCUT2D eigenvalue weighted by Gasteiger charge is -2.06. The summed E-state index contributed by atoms with van der Waals surface area (Å²) in [5.74, 6) is -0.168. The summed E-state index contributed by atoms with van der Waals surface area (Å²) in [6, 6.07) is 9.41. The van der Waals surface area contributed by atoms with Gasteiger partial charge >= 0.3 is 0 Å². The summed E-state index contributed by atoms with van der Waals surface area (Å²) in [4.78, 5) is 3.45. The van der Waals surface area contributed by atoms with Crippen LogP contribution in [0.15, 0.2) is 30.3 Å². The Morgan fingerprint density at radius 3 is 2.74 bits per heavy atom. The normalized spacial score (nSPS) is 12.8. The molecule has 0 bridgehead atoms. The molecule has 0 fully saturated rings. The van der Waals surface area contributed by atoms with Crippen LogP contribution in [0.4, 0.5) is 4.39 Å². The summed E-state index contributed by atoms with van der Waals surface area (Å²) in [5, 5.41) is 1.02. The van der Waals surface area contributed by atoms with Crippen molar-refractivity contribution < 1.29 is 4.39 Å². The Labute approximate surface area is 111 Å². The first-order valence-corrected chi connectivity index (χ1v) is 6.54. The topological polar surface area (TPSA) is 15.8 Å². The van der Waals surface area contributed by atoms with Crippen LogP contribution in [0.2, 0.25) is 0 Å². The zero-order valence-corrected chi connectivity index (χ0v) is 11.0. The monoisotopic (exact) mass is 251 g/mol. The van der Waals surface area contributed by atoms with E-state index in [-0.39, 0.29) is 5.82 Å². The predicted molar refractivity (Wildman–Crippen MR) is 76.0 cm³/mol. The molecule has 3 aromatic rings. The largest absolute Gasteiger partial charge is 0.354 e. The third-order valence-electron chi connectivity index (χ3n) is 4.11. The van der Waals surface area contributed by atoms with E-state index in [1.165, 1.54) is 39.6 Å². The number of fused-ring (bicyclic) bond motifs is 5. The summed E-state index contributed by atoms with van der Waals surface area (Å²) in [6.07, 6.45) is 0.903. The van der Waals surface area contributed by atoms with E-state index in [1.807, 2.05) is 6.07 Å². The maximum Gasteiger partial charge on any atom is 0.123 e. The van der Waals surface area contributed by atoms with Crippen LogP contribution >= 0.6 is 0 Å². The SMILES string of the molecule is Cc1cc(C)c2c(c1)-c1[nH]c3ccc(F)cc3c1C2. The third kappa shape index (κ3) is 1.40. The molecule has 0 saturated heterocycles. The van der Waals surface area contributed by atoms with Gasteiger partial charge in [-0.25, -0.2) is 4.39 Å². The fourth-order valence-electron chi connectivity index (χ4n) is 3.27. The Hall–Kier alpha value is -2.09. The highest BCUT2D eigenvalue weighted by Gasteiger charge is 2.24. The molecule has 94 valence electrons. The van der Waals surface area contributed by atoms with Crippen molar-refractivity contribution in [2.75, 3.05) is 0 Å². The van der Waals surface area contributed by atoms with Crippen molar-refractivity contribution in [1.82, 2.24) is 4.98 Å². The number of benzene rings is 2. The summed E-state index contributed by atoms with van der Waals surface area (Å²) in [7, 11) is 0. The highest BCUT2D eigenvalue weighted by Crippen LogP contribution is 2.42. The number of hydrogen-bond donors (Lipinski definition) is 1. The molecular weight excluding hydrogens is 237 g/mol. The van der Waals surface area contributed by atoms with Crippen molar-refractivity contribution in [3.8, 4) is 11.3 Å². The minimum atomic E-state index is -0.168. The fraction of sp³-hybridized carbons (Fsp3) is 0.176. The van der Waals surface area contributed by atoms with E-state index in [0.717, 1.165) is 17.3 Å². The molecule has 0 amide bonds. The van der Waals surface area contributed by atoms with Crippen LogP contribution in [-0.4, -0.2) is 4.98 Å². The van der Waals surface area contributed by atoms with Gasteiger partial charge in [0.05, 0.1) is 5.69 Å². The Morgan fingerprint density at radius 2 is 1.89 bits per heavy atom. The summed E-state index contributed by atoms with van der Waals surface area (Å²) >= 11 is 0. The average molecular weight is 251 g/mol. The number of hydrogen-bond acceptors (Lipinski definition) is 0. The quantitative estimate of drug-likeness (QED) is 0.474. The molecule has 1 aliphatic carbocycles. The van der Waals surface area contributed by atoms with Gasteiger partial charge in [-0.15, -0.1) is 0 Å². The second kappa shape index (κ2) is 3.47. The first kappa shape index (κ1) is 10.8. The van der Waals surface area contributed by atoms with Crippen molar-refractivity contribution >= 4 is 10.9 Å².